The van der Waals surface area contributed by atoms with Crippen molar-refractivity contribution >= 4 is 19.7 Å². The minimum atomic E-state index is -3.55. The number of sulfone groups is 2. The predicted molar refractivity (Wildman–Crippen MR) is 62.1 cm³/mol. The van der Waals surface area contributed by atoms with Crippen LogP contribution in [0.3, 0.4) is 0 Å². The maximum atomic E-state index is 11.6. The van der Waals surface area contributed by atoms with Gasteiger partial charge in [-0.25, -0.2) is 16.8 Å². The van der Waals surface area contributed by atoms with E-state index in [1.54, 1.807) is 19.9 Å². The number of rotatable bonds is 2. The van der Waals surface area contributed by atoms with Gasteiger partial charge in [-0.2, -0.15) is 0 Å². The Labute approximate surface area is 96.1 Å². The second-order valence-corrected chi connectivity index (χ2v) is 7.82. The lowest BCUT2D eigenvalue weighted by molar-refractivity contribution is 0.588. The van der Waals surface area contributed by atoms with Gasteiger partial charge >= 0.3 is 0 Å². The number of hydrogen-bond donors (Lipinski definition) is 0. The minimum absolute atomic E-state index is 0.0880. The average molecular weight is 262 g/mol. The topological polar surface area (TPSA) is 68.3 Å². The van der Waals surface area contributed by atoms with Gasteiger partial charge in [0.25, 0.3) is 0 Å². The lowest BCUT2D eigenvalue weighted by atomic mass is 10.1. The van der Waals surface area contributed by atoms with E-state index in [-0.39, 0.29) is 9.79 Å². The van der Waals surface area contributed by atoms with E-state index in [1.165, 1.54) is 6.07 Å². The molecule has 0 saturated carbocycles. The molecule has 0 unspecified atom stereocenters. The highest BCUT2D eigenvalue weighted by molar-refractivity contribution is 7.93. The molecule has 0 aliphatic rings. The molecule has 6 heteroatoms. The molecule has 0 aliphatic heterocycles. The summed E-state index contributed by atoms with van der Waals surface area (Å²) in [6.45, 7) is 3.36. The van der Waals surface area contributed by atoms with Gasteiger partial charge in [0.05, 0.1) is 9.79 Å². The SMILES string of the molecule is Cc1ccc(S(C)(=O)=O)c(S(C)(=O)=O)c1C. The molecule has 0 aromatic heterocycles. The van der Waals surface area contributed by atoms with Crippen LogP contribution in [-0.4, -0.2) is 29.3 Å². The zero-order valence-electron chi connectivity index (χ0n) is 9.60. The van der Waals surface area contributed by atoms with E-state index in [2.05, 4.69) is 0 Å². The maximum absolute atomic E-state index is 11.6. The van der Waals surface area contributed by atoms with Crippen LogP contribution >= 0.6 is 0 Å². The smallest absolute Gasteiger partial charge is 0.177 e. The van der Waals surface area contributed by atoms with Crippen LogP contribution in [0.25, 0.3) is 0 Å². The molecule has 0 N–H and O–H groups in total. The molecule has 0 amide bonds. The molecule has 16 heavy (non-hydrogen) atoms. The minimum Gasteiger partial charge on any atom is -0.224 e. The van der Waals surface area contributed by atoms with Crippen molar-refractivity contribution in [2.45, 2.75) is 23.6 Å². The second kappa shape index (κ2) is 3.85. The normalized spacial score (nSPS) is 12.8. The molecule has 0 radical (unpaired) electrons. The number of benzene rings is 1. The fraction of sp³-hybridized carbons (Fsp3) is 0.400. The first-order valence-corrected chi connectivity index (χ1v) is 8.33. The molecule has 0 atom stereocenters. The van der Waals surface area contributed by atoms with E-state index < -0.39 is 19.7 Å². The summed E-state index contributed by atoms with van der Waals surface area (Å²) in [6, 6.07) is 2.95. The third-order valence-electron chi connectivity index (χ3n) is 2.41. The standard InChI is InChI=1S/C10H14O4S2/c1-7-5-6-9(15(3,11)12)10(8(7)2)16(4,13)14/h5-6H,1-4H3. The van der Waals surface area contributed by atoms with Crippen LogP contribution < -0.4 is 0 Å². The Balaban J connectivity index is 3.88. The summed E-state index contributed by atoms with van der Waals surface area (Å²) in [7, 11) is -7.08. The Morgan fingerprint density at radius 3 is 1.75 bits per heavy atom. The van der Waals surface area contributed by atoms with E-state index in [0.29, 0.717) is 5.56 Å². The Morgan fingerprint density at radius 2 is 1.38 bits per heavy atom. The fourth-order valence-electron chi connectivity index (χ4n) is 1.52. The molecule has 0 saturated heterocycles. The number of hydrogen-bond acceptors (Lipinski definition) is 4. The van der Waals surface area contributed by atoms with Gasteiger partial charge in [-0.05, 0) is 31.0 Å². The molecule has 1 aromatic rings. The van der Waals surface area contributed by atoms with Crippen molar-refractivity contribution < 1.29 is 16.8 Å². The number of aryl methyl sites for hydroxylation is 1. The highest BCUT2D eigenvalue weighted by Crippen LogP contribution is 2.26. The molecule has 1 rings (SSSR count). The van der Waals surface area contributed by atoms with Gasteiger partial charge in [-0.1, -0.05) is 6.07 Å². The Kier molecular flexibility index (Phi) is 3.17. The zero-order valence-corrected chi connectivity index (χ0v) is 11.2. The monoisotopic (exact) mass is 262 g/mol. The van der Waals surface area contributed by atoms with Gasteiger partial charge < -0.3 is 0 Å². The molecular weight excluding hydrogens is 248 g/mol. The van der Waals surface area contributed by atoms with Gasteiger partial charge in [0.2, 0.25) is 0 Å². The Bertz CT molecular complexity index is 625. The summed E-state index contributed by atoms with van der Waals surface area (Å²) < 4.78 is 46.2. The van der Waals surface area contributed by atoms with Crippen LogP contribution in [0.2, 0.25) is 0 Å². The van der Waals surface area contributed by atoms with Crippen LogP contribution in [-0.2, 0) is 19.7 Å². The van der Waals surface area contributed by atoms with Gasteiger partial charge in [0.15, 0.2) is 19.7 Å². The molecular formula is C10H14O4S2. The molecule has 0 fully saturated rings. The van der Waals surface area contributed by atoms with Gasteiger partial charge in [-0.3, -0.25) is 0 Å². The molecule has 0 heterocycles. The summed E-state index contributed by atoms with van der Waals surface area (Å²) in [4.78, 5) is -0.215. The van der Waals surface area contributed by atoms with Crippen molar-refractivity contribution in [1.82, 2.24) is 0 Å². The summed E-state index contributed by atoms with van der Waals surface area (Å²) in [6.07, 6.45) is 2.02. The van der Waals surface area contributed by atoms with E-state index in [0.717, 1.165) is 18.1 Å². The average Bonchev–Trinajstić information content (AvgIpc) is 2.05. The lowest BCUT2D eigenvalue weighted by Gasteiger charge is -2.11. The van der Waals surface area contributed by atoms with E-state index in [1.807, 2.05) is 0 Å². The molecule has 1 aromatic carbocycles. The van der Waals surface area contributed by atoms with E-state index >= 15 is 0 Å². The third-order valence-corrected chi connectivity index (χ3v) is 4.95. The van der Waals surface area contributed by atoms with Crippen LogP contribution in [0.4, 0.5) is 0 Å². The lowest BCUT2D eigenvalue weighted by Crippen LogP contribution is -2.10. The predicted octanol–water partition coefficient (Wildman–Crippen LogP) is 1.11. The van der Waals surface area contributed by atoms with Crippen molar-refractivity contribution in [1.29, 1.82) is 0 Å². The largest absolute Gasteiger partial charge is 0.224 e. The zero-order chi connectivity index (χ0) is 12.7. The molecule has 0 aliphatic carbocycles. The maximum Gasteiger partial charge on any atom is 0.177 e. The Hall–Kier alpha value is -0.880. The van der Waals surface area contributed by atoms with Crippen LogP contribution in [0.5, 0.6) is 0 Å². The molecule has 90 valence electrons. The van der Waals surface area contributed by atoms with Gasteiger partial charge in [-0.15, -0.1) is 0 Å². The van der Waals surface area contributed by atoms with Crippen LogP contribution in [0.15, 0.2) is 21.9 Å². The first kappa shape index (κ1) is 13.2. The summed E-state index contributed by atoms with van der Waals surface area (Å²) in [5, 5.41) is 0. The Morgan fingerprint density at radius 1 is 0.875 bits per heavy atom. The van der Waals surface area contributed by atoms with Crippen molar-refractivity contribution in [3.05, 3.63) is 23.3 Å². The van der Waals surface area contributed by atoms with Crippen molar-refractivity contribution in [3.63, 3.8) is 0 Å². The van der Waals surface area contributed by atoms with Crippen molar-refractivity contribution in [2.24, 2.45) is 0 Å². The first-order chi connectivity index (χ1) is 7.05. The van der Waals surface area contributed by atoms with Crippen LogP contribution in [0, 0.1) is 13.8 Å². The van der Waals surface area contributed by atoms with Crippen LogP contribution in [0.1, 0.15) is 11.1 Å². The van der Waals surface area contributed by atoms with Crippen molar-refractivity contribution in [3.8, 4) is 0 Å². The quantitative estimate of drug-likeness (QED) is 0.800. The summed E-state index contributed by atoms with van der Waals surface area (Å²) >= 11 is 0. The highest BCUT2D eigenvalue weighted by Gasteiger charge is 2.23. The van der Waals surface area contributed by atoms with Crippen molar-refractivity contribution in [2.75, 3.05) is 12.5 Å². The molecule has 4 nitrogen and oxygen atoms in total. The van der Waals surface area contributed by atoms with Gasteiger partial charge in [0, 0.05) is 12.5 Å². The van der Waals surface area contributed by atoms with Gasteiger partial charge in [0.1, 0.15) is 0 Å². The fourth-order valence-corrected chi connectivity index (χ4v) is 4.38. The van der Waals surface area contributed by atoms with E-state index in [4.69, 9.17) is 0 Å². The first-order valence-electron chi connectivity index (χ1n) is 4.55. The highest BCUT2D eigenvalue weighted by atomic mass is 32.2. The summed E-state index contributed by atoms with van der Waals surface area (Å²) in [5.74, 6) is 0. The molecule has 0 spiro atoms. The third kappa shape index (κ3) is 2.44. The summed E-state index contributed by atoms with van der Waals surface area (Å²) in [5.41, 5.74) is 1.25. The second-order valence-electron chi connectivity index (χ2n) is 3.88. The molecule has 0 bridgehead atoms. The van der Waals surface area contributed by atoms with E-state index in [9.17, 15) is 16.8 Å².